The van der Waals surface area contributed by atoms with Crippen molar-refractivity contribution in [2.24, 2.45) is 4.40 Å². The number of likely N-dealkylation sites (N-methyl/N-ethyl adjacent to an activating group) is 1. The third-order valence-electron chi connectivity index (χ3n) is 5.88. The molecule has 5 rings (SSSR count). The number of hydrogen-bond donors (Lipinski definition) is 0. The van der Waals surface area contributed by atoms with Crippen LogP contribution in [0.2, 0.25) is 0 Å². The molecular weight excluding hydrogens is 426 g/mol. The molecule has 3 heterocycles. The number of rotatable bonds is 4. The molecule has 0 unspecified atom stereocenters. The van der Waals surface area contributed by atoms with Crippen molar-refractivity contribution in [1.82, 2.24) is 19.6 Å². The van der Waals surface area contributed by atoms with Crippen molar-refractivity contribution in [2.45, 2.75) is 30.3 Å². The molecule has 0 N–H and O–H groups in total. The van der Waals surface area contributed by atoms with Crippen molar-refractivity contribution < 1.29 is 13.2 Å². The molecule has 2 aromatic carbocycles. The molecule has 2 aliphatic rings. The number of sulfonamides is 1. The van der Waals surface area contributed by atoms with Crippen molar-refractivity contribution in [3.63, 3.8) is 0 Å². The second-order valence-electron chi connectivity index (χ2n) is 8.06. The minimum absolute atomic E-state index is 0.0561. The number of aromatic nitrogens is 2. The van der Waals surface area contributed by atoms with Gasteiger partial charge in [-0.15, -0.1) is 4.40 Å². The van der Waals surface area contributed by atoms with Gasteiger partial charge in [0, 0.05) is 37.5 Å². The summed E-state index contributed by atoms with van der Waals surface area (Å²) in [4.78, 5) is 17.0. The Kier molecular flexibility index (Phi) is 5.05. The quantitative estimate of drug-likeness (QED) is 0.611. The van der Waals surface area contributed by atoms with E-state index in [-0.39, 0.29) is 10.8 Å². The van der Waals surface area contributed by atoms with Gasteiger partial charge in [-0.05, 0) is 37.1 Å². The number of amides is 1. The highest BCUT2D eigenvalue weighted by Crippen LogP contribution is 2.31. The summed E-state index contributed by atoms with van der Waals surface area (Å²) >= 11 is 0. The van der Waals surface area contributed by atoms with Crippen molar-refractivity contribution in [2.75, 3.05) is 13.6 Å². The Bertz CT molecular complexity index is 1300. The second-order valence-corrected chi connectivity index (χ2v) is 9.63. The summed E-state index contributed by atoms with van der Waals surface area (Å²) in [7, 11) is -1.96. The van der Waals surface area contributed by atoms with E-state index >= 15 is 0 Å². The molecule has 9 heteroatoms. The van der Waals surface area contributed by atoms with E-state index in [0.29, 0.717) is 30.9 Å². The molecular formula is C23H23N5O3S. The van der Waals surface area contributed by atoms with Crippen LogP contribution < -0.4 is 0 Å². The van der Waals surface area contributed by atoms with Crippen LogP contribution in [-0.4, -0.2) is 59.4 Å². The van der Waals surface area contributed by atoms with Crippen LogP contribution in [0, 0.1) is 0 Å². The number of nitrogens with zero attached hydrogens (tertiary/aromatic N) is 5. The monoisotopic (exact) mass is 449 g/mol. The number of carbonyl (C=O) groups is 1. The molecule has 0 bridgehead atoms. The van der Waals surface area contributed by atoms with E-state index in [4.69, 9.17) is 0 Å². The maximum Gasteiger partial charge on any atom is 0.285 e. The molecule has 0 spiro atoms. The molecule has 1 atom stereocenters. The average molecular weight is 450 g/mol. The van der Waals surface area contributed by atoms with Gasteiger partial charge in [-0.25, -0.2) is 4.68 Å². The van der Waals surface area contributed by atoms with E-state index in [1.165, 1.54) is 0 Å². The topological polar surface area (TPSA) is 87.9 Å². The maximum atomic E-state index is 13.3. The molecule has 1 aromatic heterocycles. The van der Waals surface area contributed by atoms with Gasteiger partial charge in [-0.2, -0.15) is 13.5 Å². The van der Waals surface area contributed by atoms with E-state index in [1.54, 1.807) is 47.1 Å². The molecule has 164 valence electrons. The Hall–Kier alpha value is -3.46. The first-order chi connectivity index (χ1) is 15.4. The number of hydrogen-bond acceptors (Lipinski definition) is 5. The Morgan fingerprint density at radius 3 is 2.69 bits per heavy atom. The fourth-order valence-electron chi connectivity index (χ4n) is 4.34. The fourth-order valence-corrected chi connectivity index (χ4v) is 5.56. The standard InChI is InChI=1S/C23H23N5O3S/c1-26(15-17-14-24-28(16-17)18-8-3-2-4-9-18)23(29)20-11-7-13-27(20)22-19-10-5-6-12-21(19)32(30,31)25-22/h2-6,8-10,12,14,16,20H,7,11,13,15H2,1H3/t20-/m0/s1. The minimum Gasteiger partial charge on any atom is -0.343 e. The predicted octanol–water partition coefficient (Wildman–Crippen LogP) is 2.44. The first-order valence-corrected chi connectivity index (χ1v) is 11.9. The summed E-state index contributed by atoms with van der Waals surface area (Å²) in [5, 5.41) is 4.40. The Balaban J connectivity index is 1.34. The number of para-hydroxylation sites is 1. The SMILES string of the molecule is CN(Cc1cnn(-c2ccccc2)c1)C(=O)[C@@H]1CCCN1C1=NS(=O)(=O)c2ccccc21. The molecule has 1 fully saturated rings. The van der Waals surface area contributed by atoms with Gasteiger partial charge in [0.15, 0.2) is 5.84 Å². The number of benzene rings is 2. The lowest BCUT2D eigenvalue weighted by Crippen LogP contribution is -2.46. The van der Waals surface area contributed by atoms with Gasteiger partial charge >= 0.3 is 0 Å². The predicted molar refractivity (Wildman–Crippen MR) is 120 cm³/mol. The van der Waals surface area contributed by atoms with Gasteiger partial charge in [0.25, 0.3) is 10.0 Å². The number of carbonyl (C=O) groups excluding carboxylic acids is 1. The number of fused-ring (bicyclic) bond motifs is 1. The molecule has 1 saturated heterocycles. The molecule has 0 saturated carbocycles. The largest absolute Gasteiger partial charge is 0.343 e. The lowest BCUT2D eigenvalue weighted by Gasteiger charge is -2.29. The highest BCUT2D eigenvalue weighted by Gasteiger charge is 2.40. The molecule has 3 aromatic rings. The van der Waals surface area contributed by atoms with Crippen LogP contribution in [0.15, 0.2) is 76.3 Å². The lowest BCUT2D eigenvalue weighted by molar-refractivity contribution is -0.134. The van der Waals surface area contributed by atoms with Crippen molar-refractivity contribution in [3.05, 3.63) is 78.1 Å². The highest BCUT2D eigenvalue weighted by molar-refractivity contribution is 7.90. The summed E-state index contributed by atoms with van der Waals surface area (Å²) in [6.45, 7) is 1.01. The van der Waals surface area contributed by atoms with Crippen LogP contribution in [0.1, 0.15) is 24.0 Å². The third-order valence-corrected chi connectivity index (χ3v) is 7.20. The van der Waals surface area contributed by atoms with E-state index in [9.17, 15) is 13.2 Å². The van der Waals surface area contributed by atoms with Crippen LogP contribution in [0.25, 0.3) is 5.69 Å². The van der Waals surface area contributed by atoms with Gasteiger partial charge in [-0.3, -0.25) is 4.79 Å². The van der Waals surface area contributed by atoms with Crippen molar-refractivity contribution in [1.29, 1.82) is 0 Å². The van der Waals surface area contributed by atoms with Crippen molar-refractivity contribution >= 4 is 21.8 Å². The smallest absolute Gasteiger partial charge is 0.285 e. The van der Waals surface area contributed by atoms with E-state index < -0.39 is 16.1 Å². The fraction of sp³-hybridized carbons (Fsp3) is 0.261. The Morgan fingerprint density at radius 2 is 1.88 bits per heavy atom. The molecule has 0 radical (unpaired) electrons. The van der Waals surface area contributed by atoms with E-state index in [1.807, 2.05) is 41.4 Å². The second kappa shape index (κ2) is 7.90. The summed E-state index contributed by atoms with van der Waals surface area (Å²) in [6, 6.07) is 16.1. The molecule has 0 aliphatic carbocycles. The van der Waals surface area contributed by atoms with E-state index in [2.05, 4.69) is 9.50 Å². The van der Waals surface area contributed by atoms with Gasteiger partial charge in [-0.1, -0.05) is 30.3 Å². The van der Waals surface area contributed by atoms with Gasteiger partial charge in [0.2, 0.25) is 5.91 Å². The molecule has 32 heavy (non-hydrogen) atoms. The summed E-state index contributed by atoms with van der Waals surface area (Å²) in [5.41, 5.74) is 2.44. The van der Waals surface area contributed by atoms with Crippen LogP contribution in [0.3, 0.4) is 0 Å². The van der Waals surface area contributed by atoms with Gasteiger partial charge < -0.3 is 9.80 Å². The zero-order chi connectivity index (χ0) is 22.3. The van der Waals surface area contributed by atoms with Crippen molar-refractivity contribution in [3.8, 4) is 5.69 Å². The Morgan fingerprint density at radius 1 is 1.12 bits per heavy atom. The summed E-state index contributed by atoms with van der Waals surface area (Å²) < 4.78 is 30.7. The lowest BCUT2D eigenvalue weighted by atomic mass is 10.1. The highest BCUT2D eigenvalue weighted by atomic mass is 32.2. The van der Waals surface area contributed by atoms with Crippen LogP contribution in [0.5, 0.6) is 0 Å². The van der Waals surface area contributed by atoms with Gasteiger partial charge in [0.1, 0.15) is 10.9 Å². The first-order valence-electron chi connectivity index (χ1n) is 10.5. The molecule has 8 nitrogen and oxygen atoms in total. The number of amidine groups is 1. The molecule has 1 amide bonds. The van der Waals surface area contributed by atoms with Crippen LogP contribution in [0.4, 0.5) is 0 Å². The molecule has 2 aliphatic heterocycles. The van der Waals surface area contributed by atoms with Gasteiger partial charge in [0.05, 0.1) is 11.9 Å². The average Bonchev–Trinajstić information content (AvgIpc) is 3.52. The zero-order valence-electron chi connectivity index (χ0n) is 17.6. The summed E-state index contributed by atoms with van der Waals surface area (Å²) in [5.74, 6) is 0.321. The maximum absolute atomic E-state index is 13.3. The normalized spacial score (nSPS) is 19.0. The Labute approximate surface area is 186 Å². The summed E-state index contributed by atoms with van der Waals surface area (Å²) in [6.07, 6.45) is 5.13. The number of likely N-dealkylation sites (tertiary alicyclic amines) is 1. The van der Waals surface area contributed by atoms with E-state index in [0.717, 1.165) is 17.7 Å². The first kappa shape index (κ1) is 20.4. The van der Waals surface area contributed by atoms with Crippen LogP contribution >= 0.6 is 0 Å². The minimum atomic E-state index is -3.72. The third kappa shape index (κ3) is 3.58. The zero-order valence-corrected chi connectivity index (χ0v) is 18.4. The van der Waals surface area contributed by atoms with Crippen LogP contribution in [-0.2, 0) is 21.4 Å².